The van der Waals surface area contributed by atoms with E-state index in [1.54, 1.807) is 7.11 Å². The maximum atomic E-state index is 5.82. The van der Waals surface area contributed by atoms with Crippen LogP contribution in [0.5, 0.6) is 5.75 Å². The van der Waals surface area contributed by atoms with Crippen LogP contribution >= 0.6 is 0 Å². The van der Waals surface area contributed by atoms with Gasteiger partial charge in [0.25, 0.3) is 0 Å². The first-order valence-electron chi connectivity index (χ1n) is 11.5. The molecule has 0 spiro atoms. The van der Waals surface area contributed by atoms with Gasteiger partial charge in [0.1, 0.15) is 12.4 Å². The third kappa shape index (κ3) is 4.51. The first-order chi connectivity index (χ1) is 16.1. The quantitative estimate of drug-likeness (QED) is 0.564. The van der Waals surface area contributed by atoms with Crippen LogP contribution in [0, 0.1) is 13.8 Å². The van der Waals surface area contributed by atoms with Gasteiger partial charge in [-0.3, -0.25) is 0 Å². The molecule has 6 heteroatoms. The number of imidazole rings is 1. The number of nitrogens with zero attached hydrogens (tertiary/aromatic N) is 4. The summed E-state index contributed by atoms with van der Waals surface area (Å²) in [6.45, 7) is 6.62. The molecule has 0 saturated carbocycles. The predicted molar refractivity (Wildman–Crippen MR) is 131 cm³/mol. The Bertz CT molecular complexity index is 1190. The van der Waals surface area contributed by atoms with Crippen LogP contribution in [-0.4, -0.2) is 47.1 Å². The summed E-state index contributed by atoms with van der Waals surface area (Å²) < 4.78 is 7.68. The Hall–Kier alpha value is -3.54. The van der Waals surface area contributed by atoms with E-state index in [9.17, 15) is 0 Å². The summed E-state index contributed by atoms with van der Waals surface area (Å²) in [6, 6.07) is 15.0. The van der Waals surface area contributed by atoms with Gasteiger partial charge in [0.05, 0.1) is 24.8 Å². The average Bonchev–Trinajstić information content (AvgIpc) is 3.13. The zero-order valence-corrected chi connectivity index (χ0v) is 19.5. The van der Waals surface area contributed by atoms with Crippen LogP contribution in [0.3, 0.4) is 0 Å². The summed E-state index contributed by atoms with van der Waals surface area (Å²) in [6.07, 6.45) is 8.11. The lowest BCUT2D eigenvalue weighted by atomic mass is 9.95. The second-order valence-electron chi connectivity index (χ2n) is 8.89. The number of amidine groups is 1. The molecule has 0 amide bonds. The number of hydrogen-bond acceptors (Lipinski definition) is 5. The number of piperidine rings is 1. The van der Waals surface area contributed by atoms with E-state index >= 15 is 0 Å². The molecule has 1 aromatic heterocycles. The number of aromatic nitrogens is 2. The fourth-order valence-electron chi connectivity index (χ4n) is 4.61. The van der Waals surface area contributed by atoms with Crippen LogP contribution in [0.25, 0.3) is 11.8 Å². The molecule has 6 nitrogen and oxygen atoms in total. The minimum Gasteiger partial charge on any atom is -0.495 e. The van der Waals surface area contributed by atoms with Crippen LogP contribution in [0.1, 0.15) is 41.1 Å². The minimum atomic E-state index is 0.309. The third-order valence-electron chi connectivity index (χ3n) is 6.41. The van der Waals surface area contributed by atoms with Gasteiger partial charge in [-0.2, -0.15) is 0 Å². The van der Waals surface area contributed by atoms with Gasteiger partial charge in [0, 0.05) is 25.2 Å². The zero-order chi connectivity index (χ0) is 22.8. The molecule has 1 saturated heterocycles. The molecule has 0 bridgehead atoms. The van der Waals surface area contributed by atoms with Gasteiger partial charge in [-0.15, -0.1) is 0 Å². The van der Waals surface area contributed by atoms with E-state index in [4.69, 9.17) is 9.57 Å². The molecule has 0 radical (unpaired) electrons. The number of fused-ring (bicyclic) bond motifs is 1. The molecule has 3 heterocycles. The molecule has 2 aliphatic rings. The SMILES string of the molecule is COc1cc(/C=C2\CCCN3C[C@@H](c4ccc(C)cc4)CON=C23)ccc1-n1cnc(C)c1. The Morgan fingerprint density at radius 2 is 1.97 bits per heavy atom. The van der Waals surface area contributed by atoms with E-state index < -0.39 is 0 Å². The molecule has 33 heavy (non-hydrogen) atoms. The van der Waals surface area contributed by atoms with Crippen molar-refractivity contribution in [2.45, 2.75) is 32.6 Å². The number of rotatable bonds is 4. The van der Waals surface area contributed by atoms with E-state index in [0.717, 1.165) is 54.5 Å². The predicted octanol–water partition coefficient (Wildman–Crippen LogP) is 5.10. The normalized spacial score (nSPS) is 19.5. The van der Waals surface area contributed by atoms with E-state index in [-0.39, 0.29) is 0 Å². The molecule has 170 valence electrons. The van der Waals surface area contributed by atoms with Gasteiger partial charge in [-0.25, -0.2) is 4.98 Å². The highest BCUT2D eigenvalue weighted by atomic mass is 16.6. The highest BCUT2D eigenvalue weighted by molar-refractivity contribution is 6.02. The Morgan fingerprint density at radius 3 is 2.73 bits per heavy atom. The molecule has 0 N–H and O–H groups in total. The summed E-state index contributed by atoms with van der Waals surface area (Å²) in [5.41, 5.74) is 6.83. The van der Waals surface area contributed by atoms with Gasteiger partial charge in [0.15, 0.2) is 5.84 Å². The van der Waals surface area contributed by atoms with Crippen molar-refractivity contribution in [3.05, 3.63) is 82.9 Å². The molecule has 1 atom stereocenters. The molecule has 1 fully saturated rings. The Kier molecular flexibility index (Phi) is 5.90. The minimum absolute atomic E-state index is 0.309. The fourth-order valence-corrected chi connectivity index (χ4v) is 4.61. The summed E-state index contributed by atoms with van der Waals surface area (Å²) in [5.74, 6) is 2.08. The van der Waals surface area contributed by atoms with E-state index in [0.29, 0.717) is 12.5 Å². The summed E-state index contributed by atoms with van der Waals surface area (Å²) in [4.78, 5) is 12.5. The standard InChI is InChI=1S/C27H30N4O2/c1-19-6-9-22(10-7-19)24-16-30-12-4-5-23(27(30)29-33-17-24)13-21-8-11-25(26(14-21)32-3)31-15-20(2)28-18-31/h6-11,13-15,18,24H,4-5,12,16-17H2,1-3H3/b23-13+/t24-/m1/s1. The van der Waals surface area contributed by atoms with Gasteiger partial charge < -0.3 is 19.0 Å². The first kappa shape index (κ1) is 21.3. The van der Waals surface area contributed by atoms with Crippen molar-refractivity contribution < 1.29 is 9.57 Å². The molecule has 5 rings (SSSR count). The molecule has 0 unspecified atom stereocenters. The molecule has 2 aliphatic heterocycles. The number of ether oxygens (including phenoxy) is 1. The largest absolute Gasteiger partial charge is 0.495 e. The van der Waals surface area contributed by atoms with Gasteiger partial charge in [0.2, 0.25) is 0 Å². The molecule has 3 aromatic rings. The second kappa shape index (κ2) is 9.14. The maximum absolute atomic E-state index is 5.82. The smallest absolute Gasteiger partial charge is 0.171 e. The molecule has 0 aliphatic carbocycles. The lowest BCUT2D eigenvalue weighted by Crippen LogP contribution is -2.39. The number of aryl methyl sites for hydroxylation is 2. The third-order valence-corrected chi connectivity index (χ3v) is 6.41. The highest BCUT2D eigenvalue weighted by Crippen LogP contribution is 2.30. The number of benzene rings is 2. The first-order valence-corrected chi connectivity index (χ1v) is 11.5. The van der Waals surface area contributed by atoms with Crippen molar-refractivity contribution in [3.63, 3.8) is 0 Å². The van der Waals surface area contributed by atoms with Crippen LogP contribution in [-0.2, 0) is 4.84 Å². The lowest BCUT2D eigenvalue weighted by molar-refractivity contribution is 0.135. The van der Waals surface area contributed by atoms with Gasteiger partial charge >= 0.3 is 0 Å². The van der Waals surface area contributed by atoms with Gasteiger partial charge in [-0.1, -0.05) is 41.1 Å². The lowest BCUT2D eigenvalue weighted by Gasteiger charge is -2.32. The molecular weight excluding hydrogens is 412 g/mol. The van der Waals surface area contributed by atoms with Crippen molar-refractivity contribution in [2.75, 3.05) is 26.8 Å². The van der Waals surface area contributed by atoms with Crippen LogP contribution in [0.4, 0.5) is 0 Å². The number of hydrogen-bond donors (Lipinski definition) is 0. The van der Waals surface area contributed by atoms with E-state index in [1.807, 2.05) is 24.0 Å². The number of oxime groups is 1. The Labute approximate surface area is 195 Å². The Morgan fingerprint density at radius 1 is 1.12 bits per heavy atom. The summed E-state index contributed by atoms with van der Waals surface area (Å²) in [7, 11) is 1.70. The van der Waals surface area contributed by atoms with Crippen LogP contribution in [0.2, 0.25) is 0 Å². The Balaban J connectivity index is 1.40. The van der Waals surface area contributed by atoms with Crippen molar-refractivity contribution >= 4 is 11.9 Å². The van der Waals surface area contributed by atoms with Gasteiger partial charge in [-0.05, 0) is 61.6 Å². The van der Waals surface area contributed by atoms with Crippen molar-refractivity contribution in [1.82, 2.24) is 14.5 Å². The fraction of sp³-hybridized carbons (Fsp3) is 0.333. The summed E-state index contributed by atoms with van der Waals surface area (Å²) in [5, 5.41) is 4.56. The highest BCUT2D eigenvalue weighted by Gasteiger charge is 2.28. The van der Waals surface area contributed by atoms with Crippen LogP contribution < -0.4 is 4.74 Å². The van der Waals surface area contributed by atoms with Crippen molar-refractivity contribution in [3.8, 4) is 11.4 Å². The monoisotopic (exact) mass is 442 g/mol. The topological polar surface area (TPSA) is 51.9 Å². The molecular formula is C27H30N4O2. The van der Waals surface area contributed by atoms with E-state index in [1.165, 1.54) is 16.7 Å². The van der Waals surface area contributed by atoms with E-state index in [2.05, 4.69) is 70.5 Å². The average molecular weight is 443 g/mol. The number of methoxy groups -OCH3 is 1. The zero-order valence-electron chi connectivity index (χ0n) is 19.5. The van der Waals surface area contributed by atoms with Crippen LogP contribution in [0.15, 0.2) is 65.7 Å². The molecule has 2 aromatic carbocycles. The van der Waals surface area contributed by atoms with Crippen molar-refractivity contribution in [2.24, 2.45) is 5.16 Å². The summed E-state index contributed by atoms with van der Waals surface area (Å²) >= 11 is 0. The van der Waals surface area contributed by atoms with Crippen molar-refractivity contribution in [1.29, 1.82) is 0 Å². The maximum Gasteiger partial charge on any atom is 0.171 e. The second-order valence-corrected chi connectivity index (χ2v) is 8.89.